The molecule has 0 aromatic carbocycles. The Morgan fingerprint density at radius 1 is 1.44 bits per heavy atom. The molecule has 1 amide bonds. The maximum atomic E-state index is 11.8. The molecule has 0 saturated heterocycles. The zero-order valence-electron chi connectivity index (χ0n) is 9.71. The van der Waals surface area contributed by atoms with Crippen molar-refractivity contribution in [1.82, 2.24) is 15.5 Å². The third kappa shape index (κ3) is 5.46. The van der Waals surface area contributed by atoms with Gasteiger partial charge >= 0.3 is 6.18 Å². The summed E-state index contributed by atoms with van der Waals surface area (Å²) in [5.41, 5.74) is 1.28. The van der Waals surface area contributed by atoms with Crippen LogP contribution in [0.25, 0.3) is 0 Å². The molecule has 5 nitrogen and oxygen atoms in total. The molecule has 0 saturated carbocycles. The SMILES string of the molecule is CCc1cc(NCC(=O)NCC(F)(F)F)cnn1. The fourth-order valence-electron chi connectivity index (χ4n) is 1.12. The third-order valence-electron chi connectivity index (χ3n) is 2.01. The van der Waals surface area contributed by atoms with Gasteiger partial charge in [-0.05, 0) is 12.5 Å². The highest BCUT2D eigenvalue weighted by Gasteiger charge is 2.27. The number of rotatable bonds is 5. The molecule has 1 rings (SSSR count). The molecule has 0 aliphatic rings. The van der Waals surface area contributed by atoms with Crippen molar-refractivity contribution in [3.05, 3.63) is 18.0 Å². The summed E-state index contributed by atoms with van der Waals surface area (Å²) in [7, 11) is 0. The van der Waals surface area contributed by atoms with Gasteiger partial charge in [0.25, 0.3) is 0 Å². The van der Waals surface area contributed by atoms with Crippen molar-refractivity contribution in [3.63, 3.8) is 0 Å². The molecular formula is C10H13F3N4O. The normalized spacial score (nSPS) is 11.1. The van der Waals surface area contributed by atoms with Gasteiger partial charge in [-0.1, -0.05) is 6.92 Å². The summed E-state index contributed by atoms with van der Waals surface area (Å²) in [5, 5.41) is 11.9. The van der Waals surface area contributed by atoms with E-state index in [1.54, 1.807) is 11.4 Å². The summed E-state index contributed by atoms with van der Waals surface area (Å²) in [6.07, 6.45) is -2.32. The van der Waals surface area contributed by atoms with Crippen LogP contribution in [0.1, 0.15) is 12.6 Å². The van der Waals surface area contributed by atoms with Crippen molar-refractivity contribution < 1.29 is 18.0 Å². The van der Waals surface area contributed by atoms with Crippen LogP contribution in [0, 0.1) is 0 Å². The van der Waals surface area contributed by atoms with Gasteiger partial charge in [0.1, 0.15) is 6.54 Å². The molecule has 8 heteroatoms. The van der Waals surface area contributed by atoms with E-state index in [2.05, 4.69) is 15.5 Å². The van der Waals surface area contributed by atoms with Crippen LogP contribution in [0.2, 0.25) is 0 Å². The lowest BCUT2D eigenvalue weighted by Gasteiger charge is -2.09. The fraction of sp³-hybridized carbons (Fsp3) is 0.500. The number of amides is 1. The molecule has 0 unspecified atom stereocenters. The van der Waals surface area contributed by atoms with E-state index in [4.69, 9.17) is 0 Å². The maximum absolute atomic E-state index is 11.8. The number of nitrogens with one attached hydrogen (secondary N) is 2. The molecule has 0 radical (unpaired) electrons. The van der Waals surface area contributed by atoms with Gasteiger partial charge in [-0.2, -0.15) is 23.4 Å². The predicted molar refractivity (Wildman–Crippen MR) is 59.0 cm³/mol. The van der Waals surface area contributed by atoms with E-state index in [1.165, 1.54) is 6.20 Å². The smallest absolute Gasteiger partial charge is 0.375 e. The Kier molecular flexibility index (Phi) is 4.87. The molecule has 0 aliphatic heterocycles. The molecule has 0 bridgehead atoms. The second-order valence-electron chi connectivity index (χ2n) is 3.53. The molecule has 0 atom stereocenters. The van der Waals surface area contributed by atoms with E-state index < -0.39 is 18.6 Å². The molecule has 1 aromatic rings. The lowest BCUT2D eigenvalue weighted by molar-refractivity contribution is -0.137. The Morgan fingerprint density at radius 3 is 2.78 bits per heavy atom. The topological polar surface area (TPSA) is 66.9 Å². The van der Waals surface area contributed by atoms with Crippen molar-refractivity contribution in [3.8, 4) is 0 Å². The number of nitrogens with zero attached hydrogens (tertiary/aromatic N) is 2. The Bertz CT molecular complexity index is 408. The number of carbonyl (C=O) groups is 1. The number of carbonyl (C=O) groups excluding carboxylic acids is 1. The van der Waals surface area contributed by atoms with E-state index in [0.29, 0.717) is 12.1 Å². The summed E-state index contributed by atoms with van der Waals surface area (Å²) in [6.45, 7) is 0.317. The predicted octanol–water partition coefficient (Wildman–Crippen LogP) is 1.13. The van der Waals surface area contributed by atoms with Gasteiger partial charge < -0.3 is 10.6 Å². The van der Waals surface area contributed by atoms with Crippen LogP contribution in [0.5, 0.6) is 0 Å². The zero-order chi connectivity index (χ0) is 13.6. The van der Waals surface area contributed by atoms with E-state index in [0.717, 1.165) is 5.69 Å². The van der Waals surface area contributed by atoms with Gasteiger partial charge in [-0.3, -0.25) is 4.79 Å². The monoisotopic (exact) mass is 262 g/mol. The first-order valence-corrected chi connectivity index (χ1v) is 5.29. The van der Waals surface area contributed by atoms with Gasteiger partial charge in [0.05, 0.1) is 24.1 Å². The first-order chi connectivity index (χ1) is 8.40. The minimum Gasteiger partial charge on any atom is -0.375 e. The number of anilines is 1. The second kappa shape index (κ2) is 6.18. The van der Waals surface area contributed by atoms with Crippen molar-refractivity contribution >= 4 is 11.6 Å². The molecule has 100 valence electrons. The first-order valence-electron chi connectivity index (χ1n) is 5.29. The van der Waals surface area contributed by atoms with Gasteiger partial charge in [0.2, 0.25) is 5.91 Å². The minimum atomic E-state index is -4.40. The standard InChI is InChI=1S/C10H13F3N4O/c1-2-7-3-8(4-16-17-7)14-5-9(18)15-6-10(11,12)13/h3-4H,2,5-6H2,1H3,(H,14,17)(H,15,18). The molecule has 18 heavy (non-hydrogen) atoms. The third-order valence-corrected chi connectivity index (χ3v) is 2.01. The van der Waals surface area contributed by atoms with Crippen molar-refractivity contribution in [2.24, 2.45) is 0 Å². The van der Waals surface area contributed by atoms with E-state index >= 15 is 0 Å². The van der Waals surface area contributed by atoms with E-state index in [-0.39, 0.29) is 6.54 Å². The molecule has 1 aromatic heterocycles. The Balaban J connectivity index is 2.38. The largest absolute Gasteiger partial charge is 0.405 e. The van der Waals surface area contributed by atoms with E-state index in [9.17, 15) is 18.0 Å². The van der Waals surface area contributed by atoms with Gasteiger partial charge in [-0.15, -0.1) is 0 Å². The highest BCUT2D eigenvalue weighted by molar-refractivity contribution is 5.80. The lowest BCUT2D eigenvalue weighted by Crippen LogP contribution is -2.37. The molecule has 0 aliphatic carbocycles. The van der Waals surface area contributed by atoms with Crippen LogP contribution in [0.4, 0.5) is 18.9 Å². The molecule has 1 heterocycles. The lowest BCUT2D eigenvalue weighted by atomic mass is 10.3. The zero-order valence-corrected chi connectivity index (χ0v) is 9.71. The van der Waals surface area contributed by atoms with Crippen molar-refractivity contribution in [2.45, 2.75) is 19.5 Å². The summed E-state index contributed by atoms with van der Waals surface area (Å²) in [4.78, 5) is 11.1. The summed E-state index contributed by atoms with van der Waals surface area (Å²) in [6, 6.07) is 1.68. The van der Waals surface area contributed by atoms with Gasteiger partial charge in [0, 0.05) is 0 Å². The molecule has 2 N–H and O–H groups in total. The number of aryl methyl sites for hydroxylation is 1. The minimum absolute atomic E-state index is 0.245. The van der Waals surface area contributed by atoms with Crippen LogP contribution in [-0.2, 0) is 11.2 Å². The Labute approximate surface area is 102 Å². The van der Waals surface area contributed by atoms with Crippen molar-refractivity contribution in [1.29, 1.82) is 0 Å². The summed E-state index contributed by atoms with van der Waals surface area (Å²) < 4.78 is 35.5. The van der Waals surface area contributed by atoms with Crippen LogP contribution < -0.4 is 10.6 Å². The van der Waals surface area contributed by atoms with Crippen LogP contribution in [0.3, 0.4) is 0 Å². The highest BCUT2D eigenvalue weighted by Crippen LogP contribution is 2.12. The summed E-state index contributed by atoms with van der Waals surface area (Å²) >= 11 is 0. The number of hydrogen-bond acceptors (Lipinski definition) is 4. The fourth-order valence-corrected chi connectivity index (χ4v) is 1.12. The van der Waals surface area contributed by atoms with Gasteiger partial charge in [-0.25, -0.2) is 0 Å². The molecule has 0 spiro atoms. The summed E-state index contributed by atoms with van der Waals surface area (Å²) in [5.74, 6) is -0.734. The average Bonchev–Trinajstić information content (AvgIpc) is 2.33. The molecule has 0 fully saturated rings. The second-order valence-corrected chi connectivity index (χ2v) is 3.53. The number of aromatic nitrogens is 2. The van der Waals surface area contributed by atoms with E-state index in [1.807, 2.05) is 6.92 Å². The first kappa shape index (κ1) is 14.2. The van der Waals surface area contributed by atoms with Crippen LogP contribution in [-0.4, -0.2) is 35.4 Å². The Morgan fingerprint density at radius 2 is 2.17 bits per heavy atom. The van der Waals surface area contributed by atoms with Crippen LogP contribution in [0.15, 0.2) is 12.3 Å². The number of hydrogen-bond donors (Lipinski definition) is 2. The molecular weight excluding hydrogens is 249 g/mol. The number of halogens is 3. The highest BCUT2D eigenvalue weighted by atomic mass is 19.4. The van der Waals surface area contributed by atoms with Crippen LogP contribution >= 0.6 is 0 Å². The van der Waals surface area contributed by atoms with Crippen molar-refractivity contribution in [2.75, 3.05) is 18.4 Å². The quantitative estimate of drug-likeness (QED) is 0.834. The maximum Gasteiger partial charge on any atom is 0.405 e. The average molecular weight is 262 g/mol. The number of alkyl halides is 3. The van der Waals surface area contributed by atoms with Gasteiger partial charge in [0.15, 0.2) is 0 Å². The Hall–Kier alpha value is -1.86.